The van der Waals surface area contributed by atoms with E-state index in [1.807, 2.05) is 0 Å². The topological polar surface area (TPSA) is 21.7 Å². The summed E-state index contributed by atoms with van der Waals surface area (Å²) in [5.74, 6) is 0. The molecular formula is C9H19NO2. The number of piperidine rings is 1. The summed E-state index contributed by atoms with van der Waals surface area (Å²) in [6, 6.07) is 0.661. The van der Waals surface area contributed by atoms with Crippen LogP contribution in [0.4, 0.5) is 0 Å². The molecule has 1 rings (SSSR count). The van der Waals surface area contributed by atoms with Gasteiger partial charge in [-0.15, -0.1) is 0 Å². The minimum Gasteiger partial charge on any atom is -0.301 e. The molecule has 0 unspecified atom stereocenters. The van der Waals surface area contributed by atoms with Crippen LogP contribution in [0, 0.1) is 0 Å². The number of nitrogens with zero attached hydrogens (tertiary/aromatic N) is 1. The lowest BCUT2D eigenvalue weighted by atomic mass is 10.1. The Hall–Kier alpha value is -0.120. The van der Waals surface area contributed by atoms with Gasteiger partial charge in [0, 0.05) is 19.1 Å². The minimum absolute atomic E-state index is 0.310. The third kappa shape index (κ3) is 2.73. The first-order valence-electron chi connectivity index (χ1n) is 4.67. The van der Waals surface area contributed by atoms with Gasteiger partial charge in [-0.2, -0.15) is 0 Å². The number of hydrogen-bond donors (Lipinski definition) is 0. The Morgan fingerprint density at radius 2 is 1.83 bits per heavy atom. The first-order chi connectivity index (χ1) is 5.74. The maximum atomic E-state index is 5.08. The zero-order chi connectivity index (χ0) is 8.97. The van der Waals surface area contributed by atoms with Gasteiger partial charge in [-0.05, 0) is 26.7 Å². The largest absolute Gasteiger partial charge is 0.301 e. The Morgan fingerprint density at radius 1 is 1.25 bits per heavy atom. The highest BCUT2D eigenvalue weighted by molar-refractivity contribution is 4.73. The third-order valence-corrected chi connectivity index (χ3v) is 2.44. The molecule has 0 aromatic carbocycles. The van der Waals surface area contributed by atoms with Crippen molar-refractivity contribution in [1.82, 2.24) is 4.90 Å². The van der Waals surface area contributed by atoms with E-state index >= 15 is 0 Å². The van der Waals surface area contributed by atoms with Gasteiger partial charge in [-0.3, -0.25) is 0 Å². The molecule has 0 bridgehead atoms. The Balaban J connectivity index is 2.20. The molecule has 3 heteroatoms. The molecule has 0 radical (unpaired) electrons. The van der Waals surface area contributed by atoms with Gasteiger partial charge < -0.3 is 4.90 Å². The van der Waals surface area contributed by atoms with Crippen molar-refractivity contribution in [3.05, 3.63) is 0 Å². The minimum atomic E-state index is 0.310. The molecule has 0 N–H and O–H groups in total. The summed E-state index contributed by atoms with van der Waals surface area (Å²) in [4.78, 5) is 12.2. The average Bonchev–Trinajstić information content (AvgIpc) is 2.06. The second-order valence-electron chi connectivity index (χ2n) is 3.59. The van der Waals surface area contributed by atoms with Crippen LogP contribution >= 0.6 is 0 Å². The average molecular weight is 173 g/mol. The summed E-state index contributed by atoms with van der Waals surface area (Å²) in [5, 5.41) is 0. The van der Waals surface area contributed by atoms with Gasteiger partial charge in [0.2, 0.25) is 0 Å². The fraction of sp³-hybridized carbons (Fsp3) is 1.00. The Bertz CT molecular complexity index is 120. The number of rotatable bonds is 3. The zero-order valence-corrected chi connectivity index (χ0v) is 8.25. The standard InChI is InChI=1S/C9H19NO2/c1-8(2)10-6-4-9(5-7-10)12-11-3/h8-9H,4-7H2,1-3H3. The lowest BCUT2D eigenvalue weighted by molar-refractivity contribution is -0.310. The van der Waals surface area contributed by atoms with Crippen LogP contribution in [0.25, 0.3) is 0 Å². The molecular weight excluding hydrogens is 154 g/mol. The Morgan fingerprint density at radius 3 is 2.25 bits per heavy atom. The molecule has 0 spiro atoms. The maximum absolute atomic E-state index is 5.08. The van der Waals surface area contributed by atoms with Crippen LogP contribution in [0.2, 0.25) is 0 Å². The van der Waals surface area contributed by atoms with Crippen molar-refractivity contribution in [1.29, 1.82) is 0 Å². The summed E-state index contributed by atoms with van der Waals surface area (Å²) >= 11 is 0. The first kappa shape index (κ1) is 9.96. The first-order valence-corrected chi connectivity index (χ1v) is 4.67. The van der Waals surface area contributed by atoms with Crippen molar-refractivity contribution in [3.63, 3.8) is 0 Å². The fourth-order valence-corrected chi connectivity index (χ4v) is 1.62. The van der Waals surface area contributed by atoms with Gasteiger partial charge in [0.15, 0.2) is 0 Å². The van der Waals surface area contributed by atoms with Gasteiger partial charge in [0.05, 0.1) is 13.2 Å². The van der Waals surface area contributed by atoms with E-state index in [9.17, 15) is 0 Å². The SMILES string of the molecule is COOC1CCN(C(C)C)CC1. The van der Waals surface area contributed by atoms with E-state index in [0.717, 1.165) is 25.9 Å². The van der Waals surface area contributed by atoms with Crippen LogP contribution in [-0.4, -0.2) is 37.2 Å². The molecule has 1 saturated heterocycles. The van der Waals surface area contributed by atoms with Crippen molar-refractivity contribution >= 4 is 0 Å². The highest BCUT2D eigenvalue weighted by Crippen LogP contribution is 2.15. The van der Waals surface area contributed by atoms with Crippen molar-refractivity contribution in [2.75, 3.05) is 20.2 Å². The smallest absolute Gasteiger partial charge is 0.0954 e. The monoisotopic (exact) mass is 173 g/mol. The quantitative estimate of drug-likeness (QED) is 0.476. The molecule has 3 nitrogen and oxygen atoms in total. The molecule has 0 saturated carbocycles. The van der Waals surface area contributed by atoms with Crippen LogP contribution in [0.3, 0.4) is 0 Å². The number of hydrogen-bond acceptors (Lipinski definition) is 3. The van der Waals surface area contributed by atoms with Crippen molar-refractivity contribution in [2.24, 2.45) is 0 Å². The molecule has 0 aromatic rings. The summed E-state index contributed by atoms with van der Waals surface area (Å²) in [6.07, 6.45) is 2.49. The van der Waals surface area contributed by atoms with Crippen LogP contribution in [0.5, 0.6) is 0 Å². The van der Waals surface area contributed by atoms with E-state index < -0.39 is 0 Å². The van der Waals surface area contributed by atoms with Gasteiger partial charge >= 0.3 is 0 Å². The molecule has 0 aliphatic carbocycles. The van der Waals surface area contributed by atoms with Crippen molar-refractivity contribution in [3.8, 4) is 0 Å². The van der Waals surface area contributed by atoms with E-state index in [1.165, 1.54) is 0 Å². The predicted molar refractivity (Wildman–Crippen MR) is 47.8 cm³/mol. The predicted octanol–water partition coefficient (Wildman–Crippen LogP) is 1.44. The lowest BCUT2D eigenvalue weighted by Crippen LogP contribution is -2.40. The van der Waals surface area contributed by atoms with E-state index in [1.54, 1.807) is 7.11 Å². The van der Waals surface area contributed by atoms with E-state index in [4.69, 9.17) is 4.89 Å². The van der Waals surface area contributed by atoms with Gasteiger partial charge in [0.1, 0.15) is 0 Å². The highest BCUT2D eigenvalue weighted by Gasteiger charge is 2.21. The normalized spacial score (nSPS) is 22.0. The van der Waals surface area contributed by atoms with E-state index in [2.05, 4.69) is 23.6 Å². The summed E-state index contributed by atoms with van der Waals surface area (Å²) in [5.41, 5.74) is 0. The Kier molecular flexibility index (Phi) is 3.98. The molecule has 0 amide bonds. The lowest BCUT2D eigenvalue weighted by Gasteiger charge is -2.33. The van der Waals surface area contributed by atoms with Crippen LogP contribution in [-0.2, 0) is 9.78 Å². The molecule has 1 fully saturated rings. The van der Waals surface area contributed by atoms with E-state index in [0.29, 0.717) is 12.1 Å². The Labute approximate surface area is 74.6 Å². The molecule has 12 heavy (non-hydrogen) atoms. The van der Waals surface area contributed by atoms with Crippen LogP contribution < -0.4 is 0 Å². The maximum Gasteiger partial charge on any atom is 0.0954 e. The fourth-order valence-electron chi connectivity index (χ4n) is 1.62. The molecule has 1 heterocycles. The zero-order valence-electron chi connectivity index (χ0n) is 8.25. The van der Waals surface area contributed by atoms with Crippen molar-refractivity contribution in [2.45, 2.75) is 38.8 Å². The van der Waals surface area contributed by atoms with E-state index in [-0.39, 0.29) is 0 Å². The summed E-state index contributed by atoms with van der Waals surface area (Å²) in [7, 11) is 1.58. The third-order valence-electron chi connectivity index (χ3n) is 2.44. The van der Waals surface area contributed by atoms with Crippen molar-refractivity contribution < 1.29 is 9.78 Å². The summed E-state index contributed by atoms with van der Waals surface area (Å²) in [6.45, 7) is 6.73. The highest BCUT2D eigenvalue weighted by atomic mass is 17.2. The van der Waals surface area contributed by atoms with Crippen LogP contribution in [0.1, 0.15) is 26.7 Å². The molecule has 1 aliphatic heterocycles. The second kappa shape index (κ2) is 4.80. The van der Waals surface area contributed by atoms with Crippen LogP contribution in [0.15, 0.2) is 0 Å². The molecule has 72 valence electrons. The van der Waals surface area contributed by atoms with Gasteiger partial charge in [-0.25, -0.2) is 9.78 Å². The molecule has 0 aromatic heterocycles. The number of likely N-dealkylation sites (tertiary alicyclic amines) is 1. The molecule has 0 atom stereocenters. The van der Waals surface area contributed by atoms with Gasteiger partial charge in [-0.1, -0.05) is 0 Å². The summed E-state index contributed by atoms with van der Waals surface area (Å²) < 4.78 is 0. The molecule has 1 aliphatic rings. The van der Waals surface area contributed by atoms with Gasteiger partial charge in [0.25, 0.3) is 0 Å². The second-order valence-corrected chi connectivity index (χ2v) is 3.59.